The van der Waals surface area contributed by atoms with Gasteiger partial charge in [0, 0.05) is 56.4 Å². The SMILES string of the molecule is CSc1nc(N)cc(N2CCCC(c3nccn3Cc3ccncc3)C2)n1. The maximum atomic E-state index is 5.97. The summed E-state index contributed by atoms with van der Waals surface area (Å²) in [5, 5.41) is 0.714. The fourth-order valence-electron chi connectivity index (χ4n) is 3.58. The first-order valence-corrected chi connectivity index (χ1v) is 10.3. The number of anilines is 2. The van der Waals surface area contributed by atoms with Crippen molar-refractivity contribution in [2.45, 2.75) is 30.5 Å². The second-order valence-electron chi connectivity index (χ2n) is 6.69. The van der Waals surface area contributed by atoms with E-state index >= 15 is 0 Å². The van der Waals surface area contributed by atoms with Crippen molar-refractivity contribution in [3.63, 3.8) is 0 Å². The van der Waals surface area contributed by atoms with Crippen LogP contribution in [0.1, 0.15) is 30.1 Å². The highest BCUT2D eigenvalue weighted by atomic mass is 32.2. The van der Waals surface area contributed by atoms with Gasteiger partial charge < -0.3 is 15.2 Å². The van der Waals surface area contributed by atoms with E-state index in [4.69, 9.17) is 5.73 Å². The van der Waals surface area contributed by atoms with Crippen LogP contribution in [0.5, 0.6) is 0 Å². The lowest BCUT2D eigenvalue weighted by Gasteiger charge is -2.33. The van der Waals surface area contributed by atoms with Crippen molar-refractivity contribution < 1.29 is 0 Å². The van der Waals surface area contributed by atoms with Crippen LogP contribution in [0.25, 0.3) is 0 Å². The van der Waals surface area contributed by atoms with E-state index in [2.05, 4.69) is 35.6 Å². The lowest BCUT2D eigenvalue weighted by molar-refractivity contribution is 0.473. The summed E-state index contributed by atoms with van der Waals surface area (Å²) >= 11 is 1.51. The van der Waals surface area contributed by atoms with Crippen LogP contribution in [-0.4, -0.2) is 43.8 Å². The predicted molar refractivity (Wildman–Crippen MR) is 108 cm³/mol. The van der Waals surface area contributed by atoms with Crippen molar-refractivity contribution in [2.24, 2.45) is 0 Å². The Balaban J connectivity index is 1.54. The summed E-state index contributed by atoms with van der Waals surface area (Å²) in [5.41, 5.74) is 7.20. The van der Waals surface area contributed by atoms with Crippen LogP contribution in [0.15, 0.2) is 48.1 Å². The fourth-order valence-corrected chi connectivity index (χ4v) is 3.96. The monoisotopic (exact) mass is 381 g/mol. The quantitative estimate of drug-likeness (QED) is 0.537. The van der Waals surface area contributed by atoms with E-state index in [1.54, 1.807) is 0 Å². The van der Waals surface area contributed by atoms with Crippen molar-refractivity contribution in [1.29, 1.82) is 0 Å². The molecule has 7 nitrogen and oxygen atoms in total. The number of imidazole rings is 1. The molecule has 4 heterocycles. The van der Waals surface area contributed by atoms with Crippen molar-refractivity contribution >= 4 is 23.4 Å². The van der Waals surface area contributed by atoms with Gasteiger partial charge in [-0.3, -0.25) is 4.98 Å². The number of nitrogen functional groups attached to an aromatic ring is 1. The molecule has 2 N–H and O–H groups in total. The predicted octanol–water partition coefficient (Wildman–Crippen LogP) is 2.80. The second-order valence-corrected chi connectivity index (χ2v) is 7.47. The van der Waals surface area contributed by atoms with Gasteiger partial charge in [-0.05, 0) is 36.8 Å². The van der Waals surface area contributed by atoms with Crippen molar-refractivity contribution in [3.05, 3.63) is 54.4 Å². The number of nitrogens with zero attached hydrogens (tertiary/aromatic N) is 6. The zero-order valence-corrected chi connectivity index (χ0v) is 16.1. The first-order chi connectivity index (χ1) is 13.2. The minimum Gasteiger partial charge on any atom is -0.383 e. The van der Waals surface area contributed by atoms with Gasteiger partial charge in [0.15, 0.2) is 5.16 Å². The molecule has 1 atom stereocenters. The van der Waals surface area contributed by atoms with Crippen LogP contribution >= 0.6 is 11.8 Å². The smallest absolute Gasteiger partial charge is 0.191 e. The van der Waals surface area contributed by atoms with E-state index in [-0.39, 0.29) is 0 Å². The molecule has 1 fully saturated rings. The van der Waals surface area contributed by atoms with E-state index in [1.807, 2.05) is 43.0 Å². The van der Waals surface area contributed by atoms with Gasteiger partial charge in [-0.2, -0.15) is 0 Å². The van der Waals surface area contributed by atoms with E-state index in [1.165, 1.54) is 17.3 Å². The highest BCUT2D eigenvalue weighted by Gasteiger charge is 2.26. The highest BCUT2D eigenvalue weighted by molar-refractivity contribution is 7.98. The lowest BCUT2D eigenvalue weighted by atomic mass is 9.97. The number of thioether (sulfide) groups is 1. The van der Waals surface area contributed by atoms with Gasteiger partial charge in [0.1, 0.15) is 17.5 Å². The minimum atomic E-state index is 0.365. The number of rotatable bonds is 5. The largest absolute Gasteiger partial charge is 0.383 e. The van der Waals surface area contributed by atoms with Crippen LogP contribution in [0.4, 0.5) is 11.6 Å². The highest BCUT2D eigenvalue weighted by Crippen LogP contribution is 2.30. The summed E-state index contributed by atoms with van der Waals surface area (Å²) in [5.74, 6) is 2.92. The molecule has 3 aromatic rings. The van der Waals surface area contributed by atoms with Crippen LogP contribution in [0.2, 0.25) is 0 Å². The molecule has 140 valence electrons. The summed E-state index contributed by atoms with van der Waals surface area (Å²) in [4.78, 5) is 20.0. The van der Waals surface area contributed by atoms with Gasteiger partial charge in [0.05, 0.1) is 0 Å². The van der Waals surface area contributed by atoms with E-state index < -0.39 is 0 Å². The summed E-state index contributed by atoms with van der Waals surface area (Å²) in [6.07, 6.45) is 11.8. The van der Waals surface area contributed by atoms with Gasteiger partial charge in [-0.25, -0.2) is 15.0 Å². The standard InChI is InChI=1S/C19H23N7S/c1-27-19-23-16(20)11-17(24-19)25-9-2-3-15(13-25)18-22-8-10-26(18)12-14-4-6-21-7-5-14/h4-8,10-11,15H,2-3,9,12-13H2,1H3,(H2,20,23,24). The minimum absolute atomic E-state index is 0.365. The Morgan fingerprint density at radius 1 is 1.22 bits per heavy atom. The average Bonchev–Trinajstić information content (AvgIpc) is 3.16. The molecule has 4 rings (SSSR count). The first-order valence-electron chi connectivity index (χ1n) is 9.06. The van der Waals surface area contributed by atoms with Crippen molar-refractivity contribution in [2.75, 3.05) is 30.0 Å². The Bertz CT molecular complexity index is 896. The Morgan fingerprint density at radius 3 is 2.89 bits per heavy atom. The van der Waals surface area contributed by atoms with Crippen LogP contribution in [0.3, 0.4) is 0 Å². The number of nitrogens with two attached hydrogens (primary N) is 1. The van der Waals surface area contributed by atoms with Gasteiger partial charge >= 0.3 is 0 Å². The van der Waals surface area contributed by atoms with Crippen LogP contribution in [0, 0.1) is 0 Å². The Labute approximate surface area is 163 Å². The number of hydrogen-bond acceptors (Lipinski definition) is 7. The maximum absolute atomic E-state index is 5.97. The van der Waals surface area contributed by atoms with E-state index in [0.717, 1.165) is 44.1 Å². The third kappa shape index (κ3) is 4.05. The number of aromatic nitrogens is 5. The second kappa shape index (κ2) is 7.96. The Morgan fingerprint density at radius 2 is 2.07 bits per heavy atom. The molecule has 0 amide bonds. The number of pyridine rings is 1. The molecule has 0 bridgehead atoms. The topological polar surface area (TPSA) is 85.8 Å². The molecule has 0 spiro atoms. The van der Waals surface area contributed by atoms with E-state index in [0.29, 0.717) is 16.9 Å². The van der Waals surface area contributed by atoms with Crippen LogP contribution < -0.4 is 10.6 Å². The lowest BCUT2D eigenvalue weighted by Crippen LogP contribution is -2.36. The molecule has 0 aliphatic carbocycles. The summed E-state index contributed by atoms with van der Waals surface area (Å²) in [6.45, 7) is 2.68. The van der Waals surface area contributed by atoms with Crippen LogP contribution in [-0.2, 0) is 6.54 Å². The number of hydrogen-bond donors (Lipinski definition) is 1. The van der Waals surface area contributed by atoms with Crippen molar-refractivity contribution in [3.8, 4) is 0 Å². The number of piperidine rings is 1. The molecule has 1 aliphatic rings. The third-order valence-electron chi connectivity index (χ3n) is 4.85. The first kappa shape index (κ1) is 17.8. The molecular weight excluding hydrogens is 358 g/mol. The molecule has 1 saturated heterocycles. The Hall–Kier alpha value is -2.61. The molecule has 0 radical (unpaired) electrons. The molecular formula is C19H23N7S. The zero-order valence-electron chi connectivity index (χ0n) is 15.3. The summed E-state index contributed by atoms with van der Waals surface area (Å²) in [6, 6.07) is 5.96. The van der Waals surface area contributed by atoms with Gasteiger partial charge in [0.25, 0.3) is 0 Å². The third-order valence-corrected chi connectivity index (χ3v) is 5.40. The molecule has 8 heteroatoms. The van der Waals surface area contributed by atoms with Gasteiger partial charge in [-0.15, -0.1) is 0 Å². The molecule has 3 aromatic heterocycles. The van der Waals surface area contributed by atoms with E-state index in [9.17, 15) is 0 Å². The molecule has 0 saturated carbocycles. The zero-order chi connectivity index (χ0) is 18.6. The summed E-state index contributed by atoms with van der Waals surface area (Å²) in [7, 11) is 0. The average molecular weight is 382 g/mol. The summed E-state index contributed by atoms with van der Waals surface area (Å²) < 4.78 is 2.24. The normalized spacial score (nSPS) is 17.2. The molecule has 0 aromatic carbocycles. The molecule has 1 unspecified atom stereocenters. The van der Waals surface area contributed by atoms with Gasteiger partial charge in [-0.1, -0.05) is 11.8 Å². The van der Waals surface area contributed by atoms with Crippen molar-refractivity contribution in [1.82, 2.24) is 24.5 Å². The molecule has 27 heavy (non-hydrogen) atoms. The Kier molecular flexibility index (Phi) is 5.24. The maximum Gasteiger partial charge on any atom is 0.191 e. The fraction of sp³-hybridized carbons (Fsp3) is 0.368. The molecule has 1 aliphatic heterocycles. The van der Waals surface area contributed by atoms with Gasteiger partial charge in [0.2, 0.25) is 0 Å².